The molecule has 0 aromatic rings. The summed E-state index contributed by atoms with van der Waals surface area (Å²) in [7, 11) is 0. The van der Waals surface area contributed by atoms with Crippen LogP contribution in [0.15, 0.2) is 0 Å². The standard InChI is InChI=1S/C13H25N3O2/c1-2-3-8-16(10-12(14)17)13(18)5-4-11-6-7-15-9-11/h11,15H,2-10H2,1H3,(H2,14,17). The average molecular weight is 255 g/mol. The lowest BCUT2D eigenvalue weighted by molar-refractivity contribution is -0.135. The fourth-order valence-electron chi connectivity index (χ4n) is 2.28. The monoisotopic (exact) mass is 255 g/mol. The Labute approximate surface area is 109 Å². The van der Waals surface area contributed by atoms with Crippen molar-refractivity contribution >= 4 is 11.8 Å². The normalized spacial score (nSPS) is 18.8. The Morgan fingerprint density at radius 1 is 1.44 bits per heavy atom. The Kier molecular flexibility index (Phi) is 6.72. The number of nitrogens with two attached hydrogens (primary N) is 1. The van der Waals surface area contributed by atoms with Gasteiger partial charge in [0.1, 0.15) is 0 Å². The van der Waals surface area contributed by atoms with Gasteiger partial charge < -0.3 is 16.0 Å². The van der Waals surface area contributed by atoms with Crippen molar-refractivity contribution in [2.45, 2.75) is 39.0 Å². The van der Waals surface area contributed by atoms with Crippen LogP contribution in [-0.2, 0) is 9.59 Å². The molecular weight excluding hydrogens is 230 g/mol. The molecular formula is C13H25N3O2. The molecule has 1 aliphatic rings. The summed E-state index contributed by atoms with van der Waals surface area (Å²) in [6.45, 7) is 4.83. The summed E-state index contributed by atoms with van der Waals surface area (Å²) in [4.78, 5) is 24.6. The zero-order chi connectivity index (χ0) is 13.4. The quantitative estimate of drug-likeness (QED) is 0.663. The van der Waals surface area contributed by atoms with Gasteiger partial charge in [-0.2, -0.15) is 0 Å². The zero-order valence-corrected chi connectivity index (χ0v) is 11.3. The minimum atomic E-state index is -0.429. The molecule has 1 rings (SSSR count). The van der Waals surface area contributed by atoms with E-state index in [9.17, 15) is 9.59 Å². The molecule has 18 heavy (non-hydrogen) atoms. The van der Waals surface area contributed by atoms with Gasteiger partial charge in [-0.15, -0.1) is 0 Å². The first kappa shape index (κ1) is 15.0. The van der Waals surface area contributed by atoms with Crippen LogP contribution in [0.4, 0.5) is 0 Å². The van der Waals surface area contributed by atoms with Gasteiger partial charge in [-0.25, -0.2) is 0 Å². The molecule has 0 radical (unpaired) electrons. The summed E-state index contributed by atoms with van der Waals surface area (Å²) in [6, 6.07) is 0. The zero-order valence-electron chi connectivity index (χ0n) is 11.3. The smallest absolute Gasteiger partial charge is 0.237 e. The van der Waals surface area contributed by atoms with Crippen molar-refractivity contribution in [2.24, 2.45) is 11.7 Å². The molecule has 0 aliphatic carbocycles. The summed E-state index contributed by atoms with van der Waals surface area (Å²) >= 11 is 0. The molecule has 0 saturated carbocycles. The largest absolute Gasteiger partial charge is 0.368 e. The summed E-state index contributed by atoms with van der Waals surface area (Å²) in [5, 5.41) is 3.29. The maximum atomic E-state index is 12.0. The van der Waals surface area contributed by atoms with Crippen LogP contribution in [0.3, 0.4) is 0 Å². The first-order valence-electron chi connectivity index (χ1n) is 6.90. The molecule has 3 N–H and O–H groups in total. The SMILES string of the molecule is CCCCN(CC(N)=O)C(=O)CCC1CCNC1. The third-order valence-electron chi connectivity index (χ3n) is 3.41. The van der Waals surface area contributed by atoms with Gasteiger partial charge in [-0.05, 0) is 38.3 Å². The first-order chi connectivity index (χ1) is 8.63. The topological polar surface area (TPSA) is 75.4 Å². The van der Waals surface area contributed by atoms with Crippen molar-refractivity contribution in [1.82, 2.24) is 10.2 Å². The number of primary amides is 1. The van der Waals surface area contributed by atoms with E-state index in [0.717, 1.165) is 38.8 Å². The second kappa shape index (κ2) is 8.08. The molecule has 2 amide bonds. The lowest BCUT2D eigenvalue weighted by atomic mass is 10.0. The Morgan fingerprint density at radius 3 is 2.78 bits per heavy atom. The van der Waals surface area contributed by atoms with Crippen molar-refractivity contribution in [2.75, 3.05) is 26.2 Å². The van der Waals surface area contributed by atoms with Gasteiger partial charge in [0.25, 0.3) is 0 Å². The molecule has 0 aromatic carbocycles. The molecule has 1 atom stereocenters. The number of hydrogen-bond acceptors (Lipinski definition) is 3. The van der Waals surface area contributed by atoms with Gasteiger partial charge in [-0.3, -0.25) is 9.59 Å². The fourth-order valence-corrected chi connectivity index (χ4v) is 2.28. The van der Waals surface area contributed by atoms with Crippen LogP contribution in [0.25, 0.3) is 0 Å². The van der Waals surface area contributed by atoms with Gasteiger partial charge in [0, 0.05) is 13.0 Å². The molecule has 1 unspecified atom stereocenters. The third-order valence-corrected chi connectivity index (χ3v) is 3.41. The van der Waals surface area contributed by atoms with E-state index in [1.807, 2.05) is 0 Å². The van der Waals surface area contributed by atoms with E-state index in [2.05, 4.69) is 12.2 Å². The average Bonchev–Trinajstić information content (AvgIpc) is 2.84. The van der Waals surface area contributed by atoms with Crippen molar-refractivity contribution in [3.05, 3.63) is 0 Å². The molecule has 1 heterocycles. The van der Waals surface area contributed by atoms with Gasteiger partial charge in [-0.1, -0.05) is 13.3 Å². The number of rotatable bonds is 8. The van der Waals surface area contributed by atoms with Crippen LogP contribution < -0.4 is 11.1 Å². The first-order valence-corrected chi connectivity index (χ1v) is 6.90. The Morgan fingerprint density at radius 2 is 2.22 bits per heavy atom. The molecule has 0 aromatic heterocycles. The fraction of sp³-hybridized carbons (Fsp3) is 0.846. The van der Waals surface area contributed by atoms with Crippen LogP contribution in [-0.4, -0.2) is 42.9 Å². The number of amides is 2. The van der Waals surface area contributed by atoms with E-state index in [4.69, 9.17) is 5.73 Å². The van der Waals surface area contributed by atoms with Crippen LogP contribution in [0.1, 0.15) is 39.0 Å². The highest BCUT2D eigenvalue weighted by molar-refractivity contribution is 5.83. The summed E-state index contributed by atoms with van der Waals surface area (Å²) in [6.07, 6.45) is 4.52. The molecule has 5 nitrogen and oxygen atoms in total. The molecule has 1 saturated heterocycles. The van der Waals surface area contributed by atoms with Crippen LogP contribution in [0.2, 0.25) is 0 Å². The van der Waals surface area contributed by atoms with Crippen LogP contribution in [0, 0.1) is 5.92 Å². The summed E-state index contributed by atoms with van der Waals surface area (Å²) in [5.74, 6) is 0.242. The highest BCUT2D eigenvalue weighted by Gasteiger charge is 2.19. The summed E-state index contributed by atoms with van der Waals surface area (Å²) < 4.78 is 0. The van der Waals surface area contributed by atoms with E-state index in [1.165, 1.54) is 0 Å². The lowest BCUT2D eigenvalue weighted by Crippen LogP contribution is -2.39. The minimum absolute atomic E-state index is 0.0573. The van der Waals surface area contributed by atoms with E-state index in [1.54, 1.807) is 4.90 Å². The van der Waals surface area contributed by atoms with E-state index in [0.29, 0.717) is 18.9 Å². The second-order valence-corrected chi connectivity index (χ2v) is 5.03. The Balaban J connectivity index is 2.34. The van der Waals surface area contributed by atoms with Crippen molar-refractivity contribution < 1.29 is 9.59 Å². The number of unbranched alkanes of at least 4 members (excludes halogenated alkanes) is 1. The number of carbonyl (C=O) groups excluding carboxylic acids is 2. The Bertz CT molecular complexity index is 275. The highest BCUT2D eigenvalue weighted by Crippen LogP contribution is 2.15. The molecule has 1 aliphatic heterocycles. The predicted octanol–water partition coefficient (Wildman–Crippen LogP) is 0.490. The lowest BCUT2D eigenvalue weighted by Gasteiger charge is -2.21. The highest BCUT2D eigenvalue weighted by atomic mass is 16.2. The van der Waals surface area contributed by atoms with Crippen LogP contribution in [0.5, 0.6) is 0 Å². The predicted molar refractivity (Wildman–Crippen MR) is 70.9 cm³/mol. The van der Waals surface area contributed by atoms with Gasteiger partial charge in [0.15, 0.2) is 0 Å². The number of hydrogen-bond donors (Lipinski definition) is 2. The summed E-state index contributed by atoms with van der Waals surface area (Å²) in [5.41, 5.74) is 5.18. The Hall–Kier alpha value is -1.10. The minimum Gasteiger partial charge on any atom is -0.368 e. The van der Waals surface area contributed by atoms with Crippen LogP contribution >= 0.6 is 0 Å². The van der Waals surface area contributed by atoms with Crippen molar-refractivity contribution in [3.63, 3.8) is 0 Å². The van der Waals surface area contributed by atoms with Gasteiger partial charge in [0.05, 0.1) is 6.54 Å². The second-order valence-electron chi connectivity index (χ2n) is 5.03. The van der Waals surface area contributed by atoms with E-state index in [-0.39, 0.29) is 12.5 Å². The molecule has 0 spiro atoms. The maximum absolute atomic E-state index is 12.0. The molecule has 5 heteroatoms. The van der Waals surface area contributed by atoms with Crippen molar-refractivity contribution in [1.29, 1.82) is 0 Å². The number of nitrogens with one attached hydrogen (secondary N) is 1. The van der Waals surface area contributed by atoms with E-state index < -0.39 is 5.91 Å². The van der Waals surface area contributed by atoms with Gasteiger partial charge in [0.2, 0.25) is 11.8 Å². The molecule has 1 fully saturated rings. The van der Waals surface area contributed by atoms with E-state index >= 15 is 0 Å². The third kappa shape index (κ3) is 5.49. The maximum Gasteiger partial charge on any atom is 0.237 e. The number of carbonyl (C=O) groups is 2. The molecule has 104 valence electrons. The number of nitrogens with zero attached hydrogens (tertiary/aromatic N) is 1. The van der Waals surface area contributed by atoms with Crippen molar-refractivity contribution in [3.8, 4) is 0 Å². The molecule has 0 bridgehead atoms. The van der Waals surface area contributed by atoms with Gasteiger partial charge >= 0.3 is 0 Å².